The van der Waals surface area contributed by atoms with Crippen molar-refractivity contribution in [3.63, 3.8) is 0 Å². The molecule has 7 nitrogen and oxygen atoms in total. The van der Waals surface area contributed by atoms with E-state index in [1.807, 2.05) is 6.92 Å². The van der Waals surface area contributed by atoms with Crippen LogP contribution in [0.25, 0.3) is 0 Å². The van der Waals surface area contributed by atoms with Gasteiger partial charge in [-0.25, -0.2) is 8.42 Å². The fourth-order valence-electron chi connectivity index (χ4n) is 3.23. The van der Waals surface area contributed by atoms with Crippen molar-refractivity contribution in [2.45, 2.75) is 57.1 Å². The quantitative estimate of drug-likeness (QED) is 0.279. The van der Waals surface area contributed by atoms with Crippen LogP contribution in [0, 0.1) is 0 Å². The van der Waals surface area contributed by atoms with E-state index in [1.165, 1.54) is 12.8 Å². The molecule has 12 heteroatoms. The predicted octanol–water partition coefficient (Wildman–Crippen LogP) is 1.96. The summed E-state index contributed by atoms with van der Waals surface area (Å²) < 4.78 is 61.4. The maximum absolute atomic E-state index is 12.6. The second-order valence-electron chi connectivity index (χ2n) is 6.89. The molecule has 0 bridgehead atoms. The molecule has 0 radical (unpaired) electrons. The number of likely N-dealkylation sites (N-methyl/N-ethyl adjacent to an activating group) is 1. The van der Waals surface area contributed by atoms with E-state index < -0.39 is 15.5 Å². The van der Waals surface area contributed by atoms with Crippen LogP contribution in [0.3, 0.4) is 0 Å². The van der Waals surface area contributed by atoms with Crippen LogP contribution < -0.4 is 10.6 Å². The molecule has 0 atom stereocenters. The van der Waals surface area contributed by atoms with Crippen LogP contribution in [0.1, 0.15) is 39.5 Å². The van der Waals surface area contributed by atoms with E-state index in [9.17, 15) is 21.6 Å². The minimum Gasteiger partial charge on any atom is -0.357 e. The normalized spacial score (nSPS) is 20.1. The Morgan fingerprint density at radius 1 is 1.18 bits per heavy atom. The molecule has 28 heavy (non-hydrogen) atoms. The van der Waals surface area contributed by atoms with Crippen LogP contribution in [0.2, 0.25) is 0 Å². The van der Waals surface area contributed by atoms with Crippen molar-refractivity contribution in [2.24, 2.45) is 4.99 Å². The Morgan fingerprint density at radius 2 is 1.79 bits per heavy atom. The zero-order chi connectivity index (χ0) is 20.1. The first-order chi connectivity index (χ1) is 12.7. The summed E-state index contributed by atoms with van der Waals surface area (Å²) in [4.78, 5) is 6.95. The first-order valence-electron chi connectivity index (χ1n) is 9.54. The highest BCUT2D eigenvalue weighted by molar-refractivity contribution is 14.0. The molecule has 1 aliphatic carbocycles. The number of piperidine rings is 1. The lowest BCUT2D eigenvalue weighted by Gasteiger charge is -2.32. The van der Waals surface area contributed by atoms with Crippen LogP contribution in [0.4, 0.5) is 13.2 Å². The largest absolute Gasteiger partial charge is 0.511 e. The molecule has 0 spiro atoms. The third-order valence-electron chi connectivity index (χ3n) is 4.90. The molecule has 1 saturated carbocycles. The van der Waals surface area contributed by atoms with Gasteiger partial charge in [0.1, 0.15) is 0 Å². The van der Waals surface area contributed by atoms with E-state index in [0.717, 1.165) is 13.1 Å². The maximum Gasteiger partial charge on any atom is 0.511 e. The summed E-state index contributed by atoms with van der Waals surface area (Å²) in [5.74, 6) is 0.626. The molecule has 1 aliphatic heterocycles. The highest BCUT2D eigenvalue weighted by Crippen LogP contribution is 2.29. The van der Waals surface area contributed by atoms with Gasteiger partial charge >= 0.3 is 15.5 Å². The Bertz CT molecular complexity index is 606. The van der Waals surface area contributed by atoms with E-state index in [4.69, 9.17) is 0 Å². The molecule has 0 unspecified atom stereocenters. The van der Waals surface area contributed by atoms with Gasteiger partial charge in [-0.1, -0.05) is 6.92 Å². The summed E-state index contributed by atoms with van der Waals surface area (Å²) in [5.41, 5.74) is -5.24. The van der Waals surface area contributed by atoms with Gasteiger partial charge in [-0.05, 0) is 39.2 Å². The molecule has 1 heterocycles. The van der Waals surface area contributed by atoms with Gasteiger partial charge in [0.2, 0.25) is 0 Å². The third kappa shape index (κ3) is 7.17. The van der Waals surface area contributed by atoms with Crippen molar-refractivity contribution < 1.29 is 21.6 Å². The molecule has 2 aliphatic rings. The summed E-state index contributed by atoms with van der Waals surface area (Å²) >= 11 is 0. The average molecular weight is 541 g/mol. The minimum atomic E-state index is -5.24. The van der Waals surface area contributed by atoms with Gasteiger partial charge in [0.15, 0.2) is 5.96 Å². The smallest absolute Gasteiger partial charge is 0.357 e. The van der Waals surface area contributed by atoms with Crippen molar-refractivity contribution in [1.82, 2.24) is 19.8 Å². The van der Waals surface area contributed by atoms with Crippen molar-refractivity contribution in [1.29, 1.82) is 0 Å². The number of nitrogens with zero attached hydrogens (tertiary/aromatic N) is 3. The molecular weight excluding hydrogens is 510 g/mol. The molecule has 2 N–H and O–H groups in total. The zero-order valence-electron chi connectivity index (χ0n) is 16.3. The fraction of sp³-hybridized carbons (Fsp3) is 0.938. The van der Waals surface area contributed by atoms with E-state index in [1.54, 1.807) is 0 Å². The van der Waals surface area contributed by atoms with Crippen LogP contribution >= 0.6 is 24.0 Å². The summed E-state index contributed by atoms with van der Waals surface area (Å²) in [5, 5.41) is 6.36. The number of guanidine groups is 1. The number of halogens is 4. The summed E-state index contributed by atoms with van der Waals surface area (Å²) in [7, 11) is -5.24. The van der Waals surface area contributed by atoms with Gasteiger partial charge < -0.3 is 10.6 Å². The van der Waals surface area contributed by atoms with Gasteiger partial charge in [-0.15, -0.1) is 24.0 Å². The molecule has 0 aromatic heterocycles. The predicted molar refractivity (Wildman–Crippen MR) is 114 cm³/mol. The lowest BCUT2D eigenvalue weighted by atomic mass is 10.1. The highest BCUT2D eigenvalue weighted by Gasteiger charge is 2.50. The number of aliphatic imine (C=N–C) groups is 1. The number of hydrogen-bond acceptors (Lipinski definition) is 4. The standard InChI is InChI=1S/C16H30F3N5O2S.HI/c1-3-20-15(21-9-12-23(4-2)14-5-6-14)22-13-7-10-24(11-8-13)27(25,26)16(17,18)19;/h13-14H,3-12H2,1-2H3,(H2,20,21,22);1H. The molecule has 2 fully saturated rings. The summed E-state index contributed by atoms with van der Waals surface area (Å²) in [6.45, 7) is 6.96. The molecule has 0 amide bonds. The van der Waals surface area contributed by atoms with Crippen LogP contribution in [0.5, 0.6) is 0 Å². The van der Waals surface area contributed by atoms with Crippen LogP contribution in [-0.4, -0.2) is 80.4 Å². The number of hydrogen-bond donors (Lipinski definition) is 2. The topological polar surface area (TPSA) is 77.0 Å². The Labute approximate surface area is 182 Å². The lowest BCUT2D eigenvalue weighted by molar-refractivity contribution is -0.0494. The van der Waals surface area contributed by atoms with Crippen molar-refractivity contribution in [3.05, 3.63) is 0 Å². The molecule has 2 rings (SSSR count). The molecule has 1 saturated heterocycles. The van der Waals surface area contributed by atoms with Crippen molar-refractivity contribution in [3.8, 4) is 0 Å². The third-order valence-corrected chi connectivity index (χ3v) is 6.53. The second kappa shape index (κ2) is 11.2. The van der Waals surface area contributed by atoms with E-state index in [2.05, 4.69) is 27.4 Å². The number of alkyl halides is 3. The van der Waals surface area contributed by atoms with E-state index in [-0.39, 0.29) is 43.1 Å². The Kier molecular flexibility index (Phi) is 10.2. The fourth-order valence-corrected chi connectivity index (χ4v) is 4.21. The van der Waals surface area contributed by atoms with Gasteiger partial charge in [0.05, 0.1) is 6.54 Å². The van der Waals surface area contributed by atoms with Crippen molar-refractivity contribution >= 4 is 40.0 Å². The molecular formula is C16H31F3IN5O2S. The summed E-state index contributed by atoms with van der Waals surface area (Å²) in [6, 6.07) is 0.578. The zero-order valence-corrected chi connectivity index (χ0v) is 19.5. The number of nitrogens with one attached hydrogen (secondary N) is 2. The monoisotopic (exact) mass is 541 g/mol. The summed E-state index contributed by atoms with van der Waals surface area (Å²) in [6.07, 6.45) is 3.11. The first kappa shape index (κ1) is 25.7. The maximum atomic E-state index is 12.6. The van der Waals surface area contributed by atoms with Crippen molar-refractivity contribution in [2.75, 3.05) is 39.3 Å². The molecule has 0 aromatic rings. The van der Waals surface area contributed by atoms with Gasteiger partial charge in [-0.2, -0.15) is 17.5 Å². The number of sulfonamides is 1. The van der Waals surface area contributed by atoms with Crippen LogP contribution in [-0.2, 0) is 10.0 Å². The SMILES string of the molecule is CCNC(=NCCN(CC)C1CC1)NC1CCN(S(=O)(=O)C(F)(F)F)CC1.I. The van der Waals surface area contributed by atoms with Gasteiger partial charge in [0, 0.05) is 38.3 Å². The van der Waals surface area contributed by atoms with Gasteiger partial charge in [-0.3, -0.25) is 9.89 Å². The number of rotatable bonds is 8. The Balaban J connectivity index is 0.00000392. The second-order valence-corrected chi connectivity index (χ2v) is 8.82. The van der Waals surface area contributed by atoms with E-state index in [0.29, 0.717) is 42.2 Å². The molecule has 166 valence electrons. The lowest BCUT2D eigenvalue weighted by Crippen LogP contribution is -2.51. The molecule has 0 aromatic carbocycles. The van der Waals surface area contributed by atoms with Crippen LogP contribution in [0.15, 0.2) is 4.99 Å². The highest BCUT2D eigenvalue weighted by atomic mass is 127. The van der Waals surface area contributed by atoms with Gasteiger partial charge in [0.25, 0.3) is 0 Å². The first-order valence-corrected chi connectivity index (χ1v) is 11.0. The van der Waals surface area contributed by atoms with E-state index >= 15 is 0 Å². The Hall–Kier alpha value is -0.340. The average Bonchev–Trinajstić information content (AvgIpc) is 3.43. The Morgan fingerprint density at radius 3 is 2.25 bits per heavy atom. The minimum absolute atomic E-state index is 0.